The number of nitrogens with one attached hydrogen (secondary N) is 1. The molecule has 0 unspecified atom stereocenters. The van der Waals surface area contributed by atoms with Crippen molar-refractivity contribution in [2.24, 2.45) is 0 Å². The van der Waals surface area contributed by atoms with Crippen LogP contribution >= 0.6 is 0 Å². The highest BCUT2D eigenvalue weighted by molar-refractivity contribution is 5.93. The van der Waals surface area contributed by atoms with Crippen LogP contribution in [0.15, 0.2) is 42.5 Å². The lowest BCUT2D eigenvalue weighted by molar-refractivity contribution is -0.118. The van der Waals surface area contributed by atoms with Gasteiger partial charge in [-0.3, -0.25) is 4.79 Å². The van der Waals surface area contributed by atoms with Crippen LogP contribution in [0.4, 0.5) is 5.69 Å². The molecule has 2 aromatic rings. The molecule has 128 valence electrons. The van der Waals surface area contributed by atoms with Gasteiger partial charge in [-0.05, 0) is 47.6 Å². The highest BCUT2D eigenvalue weighted by Gasteiger charge is 2.12. The Labute approximate surface area is 145 Å². The van der Waals surface area contributed by atoms with E-state index in [9.17, 15) is 4.79 Å². The van der Waals surface area contributed by atoms with Crippen molar-refractivity contribution in [2.75, 3.05) is 11.9 Å². The van der Waals surface area contributed by atoms with Crippen molar-refractivity contribution in [1.82, 2.24) is 0 Å². The quantitative estimate of drug-likeness (QED) is 0.787. The number of hydrogen-bond acceptors (Lipinski definition) is 2. The molecule has 1 amide bonds. The van der Waals surface area contributed by atoms with E-state index in [1.165, 1.54) is 5.56 Å². The highest BCUT2D eigenvalue weighted by Crippen LogP contribution is 2.27. The van der Waals surface area contributed by atoms with Gasteiger partial charge in [0.05, 0.1) is 0 Å². The van der Waals surface area contributed by atoms with E-state index in [0.717, 1.165) is 22.6 Å². The Bertz CT molecular complexity index is 705. The van der Waals surface area contributed by atoms with E-state index >= 15 is 0 Å². The number of ether oxygens (including phenoxy) is 1. The molecule has 0 saturated carbocycles. The number of aryl methyl sites for hydroxylation is 1. The van der Waals surface area contributed by atoms with Gasteiger partial charge in [-0.15, -0.1) is 0 Å². The maximum absolute atomic E-state index is 12.3. The number of benzene rings is 2. The van der Waals surface area contributed by atoms with Gasteiger partial charge in [-0.25, -0.2) is 0 Å². The fourth-order valence-electron chi connectivity index (χ4n) is 2.63. The lowest BCUT2D eigenvalue weighted by Crippen LogP contribution is -2.21. The summed E-state index contributed by atoms with van der Waals surface area (Å²) < 4.78 is 5.66. The van der Waals surface area contributed by atoms with Crippen LogP contribution in [0.3, 0.4) is 0 Å². The summed E-state index contributed by atoms with van der Waals surface area (Å²) in [6.07, 6.45) is 0. The van der Waals surface area contributed by atoms with Crippen LogP contribution in [-0.2, 0) is 4.79 Å². The third-order valence-electron chi connectivity index (χ3n) is 4.09. The Balaban J connectivity index is 2.03. The van der Waals surface area contributed by atoms with Crippen LogP contribution in [0, 0.1) is 6.92 Å². The monoisotopic (exact) mass is 325 g/mol. The van der Waals surface area contributed by atoms with Gasteiger partial charge >= 0.3 is 0 Å². The van der Waals surface area contributed by atoms with Crippen molar-refractivity contribution in [2.45, 2.75) is 46.5 Å². The van der Waals surface area contributed by atoms with E-state index in [4.69, 9.17) is 4.74 Å². The molecule has 1 N–H and O–H groups in total. The van der Waals surface area contributed by atoms with Crippen LogP contribution in [0.1, 0.15) is 56.2 Å². The molecule has 0 saturated heterocycles. The number of carbonyl (C=O) groups is 1. The maximum Gasteiger partial charge on any atom is 0.262 e. The zero-order chi connectivity index (χ0) is 17.7. The Morgan fingerprint density at radius 2 is 1.75 bits per heavy atom. The lowest BCUT2D eigenvalue weighted by Gasteiger charge is -2.16. The van der Waals surface area contributed by atoms with Gasteiger partial charge in [0.1, 0.15) is 5.75 Å². The minimum absolute atomic E-state index is 0.00736. The van der Waals surface area contributed by atoms with Crippen molar-refractivity contribution < 1.29 is 9.53 Å². The first kappa shape index (κ1) is 18.1. The van der Waals surface area contributed by atoms with Crippen molar-refractivity contribution in [3.63, 3.8) is 0 Å². The van der Waals surface area contributed by atoms with Gasteiger partial charge in [-0.1, -0.05) is 58.0 Å². The predicted molar refractivity (Wildman–Crippen MR) is 99.9 cm³/mol. The van der Waals surface area contributed by atoms with Gasteiger partial charge in [0, 0.05) is 5.69 Å². The molecular formula is C21H27NO2. The first-order valence-electron chi connectivity index (χ1n) is 8.50. The number of carbonyl (C=O) groups excluding carboxylic acids is 1. The smallest absolute Gasteiger partial charge is 0.262 e. The zero-order valence-corrected chi connectivity index (χ0v) is 15.2. The van der Waals surface area contributed by atoms with E-state index in [2.05, 4.69) is 45.1 Å². The average Bonchev–Trinajstić information content (AvgIpc) is 2.55. The van der Waals surface area contributed by atoms with Crippen LogP contribution in [-0.4, -0.2) is 12.5 Å². The molecule has 0 atom stereocenters. The molecule has 0 bridgehead atoms. The summed E-state index contributed by atoms with van der Waals surface area (Å²) in [6.45, 7) is 10.5. The third kappa shape index (κ3) is 4.60. The fraction of sp³-hybridized carbons (Fsp3) is 0.381. The average molecular weight is 325 g/mol. The number of rotatable bonds is 6. The number of hydrogen-bond donors (Lipinski definition) is 1. The van der Waals surface area contributed by atoms with Gasteiger partial charge in [0.2, 0.25) is 0 Å². The van der Waals surface area contributed by atoms with E-state index in [1.54, 1.807) is 0 Å². The van der Waals surface area contributed by atoms with E-state index < -0.39 is 0 Å². The summed E-state index contributed by atoms with van der Waals surface area (Å²) in [6, 6.07) is 14.0. The molecule has 0 aliphatic heterocycles. The van der Waals surface area contributed by atoms with Crippen molar-refractivity contribution in [3.05, 3.63) is 59.2 Å². The summed E-state index contributed by atoms with van der Waals surface area (Å²) in [5.41, 5.74) is 4.31. The van der Waals surface area contributed by atoms with Crippen LogP contribution < -0.4 is 10.1 Å². The van der Waals surface area contributed by atoms with Crippen molar-refractivity contribution >= 4 is 11.6 Å². The van der Waals surface area contributed by atoms with E-state index in [-0.39, 0.29) is 12.5 Å². The van der Waals surface area contributed by atoms with Gasteiger partial charge in [0.15, 0.2) is 6.61 Å². The molecule has 0 fully saturated rings. The van der Waals surface area contributed by atoms with Crippen LogP contribution in [0.5, 0.6) is 5.75 Å². The molecule has 0 spiro atoms. The molecule has 2 rings (SSSR count). The normalized spacial score (nSPS) is 11.0. The summed E-state index contributed by atoms with van der Waals surface area (Å²) in [5, 5.41) is 3.00. The largest absolute Gasteiger partial charge is 0.484 e. The lowest BCUT2D eigenvalue weighted by atomic mass is 9.98. The van der Waals surface area contributed by atoms with Gasteiger partial charge in [0.25, 0.3) is 5.91 Å². The first-order valence-corrected chi connectivity index (χ1v) is 8.50. The number of amides is 1. The topological polar surface area (TPSA) is 38.3 Å². The molecule has 0 aliphatic rings. The molecular weight excluding hydrogens is 298 g/mol. The molecule has 0 radical (unpaired) electrons. The minimum Gasteiger partial charge on any atom is -0.484 e. The Kier molecular flexibility index (Phi) is 6.02. The predicted octanol–water partition coefficient (Wildman–Crippen LogP) is 5.26. The standard InChI is InChI=1S/C21H27NO2/c1-14(2)17-9-7-10-18(12-17)24-13-20(23)22-21-16(5)8-6-11-19(21)15(3)4/h6-12,14-15H,13H2,1-5H3,(H,22,23). The molecule has 2 aromatic carbocycles. The molecule has 3 heteroatoms. The second kappa shape index (κ2) is 8.00. The molecule has 0 heterocycles. The summed E-state index contributed by atoms with van der Waals surface area (Å²) in [7, 11) is 0. The van der Waals surface area contributed by atoms with Crippen molar-refractivity contribution in [3.8, 4) is 5.75 Å². The molecule has 3 nitrogen and oxygen atoms in total. The van der Waals surface area contributed by atoms with E-state index in [1.807, 2.05) is 37.3 Å². The third-order valence-corrected chi connectivity index (χ3v) is 4.09. The minimum atomic E-state index is -0.138. The second-order valence-corrected chi connectivity index (χ2v) is 6.76. The highest BCUT2D eigenvalue weighted by atomic mass is 16.5. The van der Waals surface area contributed by atoms with Gasteiger partial charge < -0.3 is 10.1 Å². The summed E-state index contributed by atoms with van der Waals surface area (Å²) in [4.78, 5) is 12.3. The Hall–Kier alpha value is -2.29. The number of anilines is 1. The maximum atomic E-state index is 12.3. The Morgan fingerprint density at radius 3 is 2.42 bits per heavy atom. The molecule has 24 heavy (non-hydrogen) atoms. The molecule has 0 aliphatic carbocycles. The number of para-hydroxylation sites is 1. The second-order valence-electron chi connectivity index (χ2n) is 6.76. The first-order chi connectivity index (χ1) is 11.4. The van der Waals surface area contributed by atoms with E-state index in [0.29, 0.717) is 11.8 Å². The van der Waals surface area contributed by atoms with Crippen LogP contribution in [0.25, 0.3) is 0 Å². The van der Waals surface area contributed by atoms with Crippen molar-refractivity contribution in [1.29, 1.82) is 0 Å². The summed E-state index contributed by atoms with van der Waals surface area (Å²) in [5.74, 6) is 1.37. The fourth-order valence-corrected chi connectivity index (χ4v) is 2.63. The Morgan fingerprint density at radius 1 is 1.04 bits per heavy atom. The zero-order valence-electron chi connectivity index (χ0n) is 15.2. The summed E-state index contributed by atoms with van der Waals surface area (Å²) >= 11 is 0. The SMILES string of the molecule is Cc1cccc(C(C)C)c1NC(=O)COc1cccc(C(C)C)c1. The van der Waals surface area contributed by atoms with Gasteiger partial charge in [-0.2, -0.15) is 0 Å². The molecule has 0 aromatic heterocycles. The van der Waals surface area contributed by atoms with Crippen LogP contribution in [0.2, 0.25) is 0 Å².